The van der Waals surface area contributed by atoms with E-state index in [1.54, 1.807) is 24.5 Å². The number of benzene rings is 1. The van der Waals surface area contributed by atoms with Crippen LogP contribution in [-0.2, 0) is 24.2 Å². The quantitative estimate of drug-likeness (QED) is 0.633. The van der Waals surface area contributed by atoms with Gasteiger partial charge in [-0.15, -0.1) is 0 Å². The first kappa shape index (κ1) is 16.8. The summed E-state index contributed by atoms with van der Waals surface area (Å²) in [6, 6.07) is 7.02. The van der Waals surface area contributed by atoms with Gasteiger partial charge in [-0.3, -0.25) is 9.89 Å². The van der Waals surface area contributed by atoms with Gasteiger partial charge >= 0.3 is 0 Å². The molecular weight excluding hydrogens is 318 g/mol. The molecule has 0 aliphatic heterocycles. The Bertz CT molecular complexity index is 891. The van der Waals surface area contributed by atoms with Gasteiger partial charge < -0.3 is 15.4 Å². The molecule has 0 spiro atoms. The molecule has 0 atom stereocenters. The predicted octanol–water partition coefficient (Wildman–Crippen LogP) is 1.60. The topological polar surface area (TPSA) is 110 Å². The van der Waals surface area contributed by atoms with Crippen molar-refractivity contribution >= 4 is 5.91 Å². The lowest BCUT2D eigenvalue weighted by molar-refractivity contribution is -0.117. The first-order valence-corrected chi connectivity index (χ1v) is 8.03. The number of aromatic nitrogens is 4. The van der Waals surface area contributed by atoms with Gasteiger partial charge in [0.2, 0.25) is 5.91 Å². The van der Waals surface area contributed by atoms with Crippen molar-refractivity contribution in [3.63, 3.8) is 0 Å². The van der Waals surface area contributed by atoms with Crippen LogP contribution in [0.2, 0.25) is 0 Å². The SMILES string of the molecule is Cc1n[nH]c(C)c1Cc1ncn(Cc2cccc(O)c2)c1CC(N)=O. The normalized spacial score (nSPS) is 11.0. The molecule has 7 nitrogen and oxygen atoms in total. The second-order valence-corrected chi connectivity index (χ2v) is 6.17. The fraction of sp³-hybridized carbons (Fsp3) is 0.278. The van der Waals surface area contributed by atoms with E-state index in [1.807, 2.05) is 24.5 Å². The lowest BCUT2D eigenvalue weighted by Crippen LogP contribution is -2.18. The lowest BCUT2D eigenvalue weighted by atomic mass is 10.1. The number of carbonyl (C=O) groups excluding carboxylic acids is 1. The van der Waals surface area contributed by atoms with Crippen molar-refractivity contribution in [2.24, 2.45) is 5.73 Å². The molecule has 4 N–H and O–H groups in total. The van der Waals surface area contributed by atoms with E-state index in [0.717, 1.165) is 33.9 Å². The van der Waals surface area contributed by atoms with E-state index in [0.29, 0.717) is 13.0 Å². The molecule has 0 unspecified atom stereocenters. The van der Waals surface area contributed by atoms with Crippen molar-refractivity contribution < 1.29 is 9.90 Å². The number of primary amides is 1. The van der Waals surface area contributed by atoms with Crippen LogP contribution in [0.5, 0.6) is 5.75 Å². The Morgan fingerprint density at radius 3 is 2.80 bits per heavy atom. The zero-order valence-corrected chi connectivity index (χ0v) is 14.3. The first-order chi connectivity index (χ1) is 11.9. The summed E-state index contributed by atoms with van der Waals surface area (Å²) in [6.07, 6.45) is 2.41. The van der Waals surface area contributed by atoms with Crippen LogP contribution in [-0.4, -0.2) is 30.8 Å². The number of nitrogens with zero attached hydrogens (tertiary/aromatic N) is 3. The van der Waals surface area contributed by atoms with Gasteiger partial charge in [-0.2, -0.15) is 5.10 Å². The molecule has 130 valence electrons. The number of aryl methyl sites for hydroxylation is 2. The number of imidazole rings is 1. The zero-order valence-electron chi connectivity index (χ0n) is 14.3. The number of hydrogen-bond donors (Lipinski definition) is 3. The number of H-pyrrole nitrogens is 1. The molecule has 0 aliphatic carbocycles. The Labute approximate surface area is 145 Å². The Morgan fingerprint density at radius 2 is 2.16 bits per heavy atom. The number of nitrogens with two attached hydrogens (primary N) is 1. The molecule has 0 fully saturated rings. The van der Waals surface area contributed by atoms with Crippen LogP contribution in [0.25, 0.3) is 0 Å². The Hall–Kier alpha value is -3.09. The van der Waals surface area contributed by atoms with Gasteiger partial charge in [0.15, 0.2) is 0 Å². The number of phenolic OH excluding ortho intramolecular Hbond substituents is 1. The number of hydrogen-bond acceptors (Lipinski definition) is 4. The molecular formula is C18H21N5O2. The molecule has 0 radical (unpaired) electrons. The molecule has 2 aromatic heterocycles. The van der Waals surface area contributed by atoms with Crippen LogP contribution in [0.3, 0.4) is 0 Å². The first-order valence-electron chi connectivity index (χ1n) is 8.03. The van der Waals surface area contributed by atoms with Crippen LogP contribution in [0.1, 0.15) is 33.9 Å². The van der Waals surface area contributed by atoms with Gasteiger partial charge in [-0.1, -0.05) is 12.1 Å². The van der Waals surface area contributed by atoms with Crippen molar-refractivity contribution in [2.75, 3.05) is 0 Å². The standard InChI is InChI=1S/C18H21N5O2/c1-11-15(12(2)22-21-11)7-16-17(8-18(19)25)23(10-20-16)9-13-4-3-5-14(24)6-13/h3-6,10,24H,7-9H2,1-2H3,(H2,19,25)(H,21,22). The molecule has 3 rings (SSSR count). The van der Waals surface area contributed by atoms with Crippen molar-refractivity contribution in [1.82, 2.24) is 19.7 Å². The third-order valence-electron chi connectivity index (χ3n) is 4.26. The van der Waals surface area contributed by atoms with Gasteiger partial charge in [-0.05, 0) is 31.5 Å². The van der Waals surface area contributed by atoms with Crippen LogP contribution in [0.15, 0.2) is 30.6 Å². The van der Waals surface area contributed by atoms with Crippen molar-refractivity contribution in [2.45, 2.75) is 33.2 Å². The van der Waals surface area contributed by atoms with Crippen LogP contribution in [0.4, 0.5) is 0 Å². The summed E-state index contributed by atoms with van der Waals surface area (Å²) < 4.78 is 1.90. The Balaban J connectivity index is 1.94. The summed E-state index contributed by atoms with van der Waals surface area (Å²) in [5.41, 5.74) is 10.9. The predicted molar refractivity (Wildman–Crippen MR) is 93.2 cm³/mol. The number of phenols is 1. The minimum atomic E-state index is -0.403. The monoisotopic (exact) mass is 339 g/mol. The zero-order chi connectivity index (χ0) is 18.0. The Morgan fingerprint density at radius 1 is 1.36 bits per heavy atom. The smallest absolute Gasteiger partial charge is 0.223 e. The van der Waals surface area contributed by atoms with E-state index in [-0.39, 0.29) is 12.2 Å². The number of amides is 1. The highest BCUT2D eigenvalue weighted by molar-refractivity contribution is 5.76. The lowest BCUT2D eigenvalue weighted by Gasteiger charge is -2.10. The second-order valence-electron chi connectivity index (χ2n) is 6.17. The highest BCUT2D eigenvalue weighted by atomic mass is 16.3. The molecule has 2 heterocycles. The molecule has 0 saturated heterocycles. The van der Waals surface area contributed by atoms with Crippen LogP contribution < -0.4 is 5.73 Å². The summed E-state index contributed by atoms with van der Waals surface area (Å²) in [7, 11) is 0. The van der Waals surface area contributed by atoms with Crippen molar-refractivity contribution in [1.29, 1.82) is 0 Å². The van der Waals surface area contributed by atoms with Crippen molar-refractivity contribution in [3.05, 3.63) is 64.5 Å². The highest BCUT2D eigenvalue weighted by Gasteiger charge is 2.17. The molecule has 0 saturated carbocycles. The van der Waals surface area contributed by atoms with Crippen LogP contribution in [0, 0.1) is 13.8 Å². The maximum atomic E-state index is 11.5. The van der Waals surface area contributed by atoms with E-state index >= 15 is 0 Å². The third kappa shape index (κ3) is 3.71. The minimum Gasteiger partial charge on any atom is -0.508 e. The highest BCUT2D eigenvalue weighted by Crippen LogP contribution is 2.20. The van der Waals surface area contributed by atoms with Gasteiger partial charge in [0.25, 0.3) is 0 Å². The molecule has 1 aromatic carbocycles. The van der Waals surface area contributed by atoms with Gasteiger partial charge in [-0.25, -0.2) is 4.98 Å². The number of aromatic amines is 1. The molecule has 1 amide bonds. The maximum absolute atomic E-state index is 11.5. The van der Waals surface area contributed by atoms with E-state index in [9.17, 15) is 9.90 Å². The van der Waals surface area contributed by atoms with Gasteiger partial charge in [0.1, 0.15) is 5.75 Å². The molecule has 0 bridgehead atoms. The number of nitrogens with one attached hydrogen (secondary N) is 1. The fourth-order valence-corrected chi connectivity index (χ4v) is 2.96. The molecule has 7 heteroatoms. The largest absolute Gasteiger partial charge is 0.508 e. The van der Waals surface area contributed by atoms with Crippen LogP contribution >= 0.6 is 0 Å². The van der Waals surface area contributed by atoms with E-state index in [1.165, 1.54) is 0 Å². The van der Waals surface area contributed by atoms with Gasteiger partial charge in [0.05, 0.1) is 29.8 Å². The second kappa shape index (κ2) is 6.80. The number of carbonyl (C=O) groups is 1. The number of aromatic hydroxyl groups is 1. The summed E-state index contributed by atoms with van der Waals surface area (Å²) >= 11 is 0. The summed E-state index contributed by atoms with van der Waals surface area (Å²) in [4.78, 5) is 16.0. The molecule has 3 aromatic rings. The minimum absolute atomic E-state index is 0.115. The Kier molecular flexibility index (Phi) is 4.56. The fourth-order valence-electron chi connectivity index (χ4n) is 2.96. The third-order valence-corrected chi connectivity index (χ3v) is 4.26. The number of rotatable bonds is 6. The van der Waals surface area contributed by atoms with E-state index in [2.05, 4.69) is 15.2 Å². The molecule has 0 aliphatic rings. The maximum Gasteiger partial charge on any atom is 0.223 e. The molecule has 25 heavy (non-hydrogen) atoms. The van der Waals surface area contributed by atoms with E-state index < -0.39 is 5.91 Å². The van der Waals surface area contributed by atoms with E-state index in [4.69, 9.17) is 5.73 Å². The summed E-state index contributed by atoms with van der Waals surface area (Å²) in [6.45, 7) is 4.41. The average molecular weight is 339 g/mol. The average Bonchev–Trinajstić information content (AvgIpc) is 3.06. The summed E-state index contributed by atoms with van der Waals surface area (Å²) in [5.74, 6) is -0.196. The van der Waals surface area contributed by atoms with Crippen molar-refractivity contribution in [3.8, 4) is 5.75 Å². The summed E-state index contributed by atoms with van der Waals surface area (Å²) in [5, 5.41) is 16.8. The van der Waals surface area contributed by atoms with Gasteiger partial charge in [0, 0.05) is 24.2 Å².